The Morgan fingerprint density at radius 2 is 1.74 bits per heavy atom. The smallest absolute Gasteiger partial charge is 0.308 e. The molecule has 1 saturated heterocycles. The largest absolute Gasteiger partial charge is 0.456 e. The van der Waals surface area contributed by atoms with Gasteiger partial charge in [0.15, 0.2) is 6.61 Å². The first-order valence-electron chi connectivity index (χ1n) is 10.0. The third-order valence-corrected chi connectivity index (χ3v) is 10.5. The van der Waals surface area contributed by atoms with Crippen molar-refractivity contribution in [3.63, 3.8) is 0 Å². The van der Waals surface area contributed by atoms with Gasteiger partial charge in [-0.05, 0) is 48.9 Å². The van der Waals surface area contributed by atoms with E-state index in [1.165, 1.54) is 4.90 Å². The summed E-state index contributed by atoms with van der Waals surface area (Å²) in [5.74, 6) is -1.79. The van der Waals surface area contributed by atoms with Crippen LogP contribution in [0.2, 0.25) is 0 Å². The van der Waals surface area contributed by atoms with Gasteiger partial charge in [-0.25, -0.2) is 0 Å². The Hall–Kier alpha value is -1.26. The monoisotopic (exact) mass is 618 g/mol. The molecule has 3 amide bonds. The molecule has 3 aliphatic rings. The summed E-state index contributed by atoms with van der Waals surface area (Å²) in [7, 11) is 0. The Bertz CT molecular complexity index is 923. The number of alkyl halides is 2. The molecule has 2 saturated carbocycles. The van der Waals surface area contributed by atoms with Crippen LogP contribution in [0, 0.1) is 30.6 Å². The first-order valence-corrected chi connectivity index (χ1v) is 12.7. The number of esters is 1. The minimum Gasteiger partial charge on any atom is -0.456 e. The lowest BCUT2D eigenvalue weighted by Crippen LogP contribution is -2.37. The second-order valence-electron chi connectivity index (χ2n) is 8.25. The average molecular weight is 621 g/mol. The second-order valence-corrected chi connectivity index (χ2v) is 11.2. The van der Waals surface area contributed by atoms with Crippen LogP contribution < -0.4 is 5.32 Å². The summed E-state index contributed by atoms with van der Waals surface area (Å²) in [5, 5.41) is 2.66. The van der Waals surface area contributed by atoms with E-state index in [0.29, 0.717) is 5.69 Å². The predicted molar refractivity (Wildman–Crippen MR) is 124 cm³/mol. The molecule has 31 heavy (non-hydrogen) atoms. The number of hydrogen-bond acceptors (Lipinski definition) is 5. The molecule has 1 heterocycles. The highest BCUT2D eigenvalue weighted by Gasteiger charge is 2.66. The summed E-state index contributed by atoms with van der Waals surface area (Å²) in [6.45, 7) is 1.45. The van der Waals surface area contributed by atoms with Crippen LogP contribution in [0.5, 0.6) is 0 Å². The zero-order valence-electron chi connectivity index (χ0n) is 16.6. The number of rotatable bonds is 6. The van der Waals surface area contributed by atoms with Crippen LogP contribution in [0.15, 0.2) is 22.7 Å². The lowest BCUT2D eigenvalue weighted by atomic mass is 9.81. The number of fused-ring (bicyclic) bond motifs is 5. The number of amides is 3. The molecular formula is C21H21Br3N2O5. The van der Waals surface area contributed by atoms with Crippen LogP contribution in [0.1, 0.15) is 18.4 Å². The van der Waals surface area contributed by atoms with E-state index in [2.05, 4.69) is 53.1 Å². The van der Waals surface area contributed by atoms with Crippen LogP contribution in [0.25, 0.3) is 0 Å². The topological polar surface area (TPSA) is 92.8 Å². The van der Waals surface area contributed by atoms with Crippen LogP contribution in [-0.4, -0.2) is 51.4 Å². The highest BCUT2D eigenvalue weighted by atomic mass is 79.9. The van der Waals surface area contributed by atoms with Gasteiger partial charge in [-0.15, -0.1) is 0 Å². The summed E-state index contributed by atoms with van der Waals surface area (Å²) in [6, 6.07) is 5.35. The number of nitrogens with one attached hydrogen (secondary N) is 1. The van der Waals surface area contributed by atoms with Gasteiger partial charge in [0.2, 0.25) is 11.8 Å². The van der Waals surface area contributed by atoms with E-state index in [4.69, 9.17) is 4.74 Å². The quantitative estimate of drug-likeness (QED) is 0.299. The molecule has 6 atom stereocenters. The number of benzene rings is 1. The molecule has 0 aromatic heterocycles. The number of ether oxygens (including phenoxy) is 1. The summed E-state index contributed by atoms with van der Waals surface area (Å²) >= 11 is 10.7. The van der Waals surface area contributed by atoms with Gasteiger partial charge in [-0.1, -0.05) is 47.8 Å². The normalized spacial score (nSPS) is 31.2. The summed E-state index contributed by atoms with van der Waals surface area (Å²) < 4.78 is 5.95. The number of halogens is 3. The van der Waals surface area contributed by atoms with E-state index < -0.39 is 18.5 Å². The van der Waals surface area contributed by atoms with E-state index in [1.54, 1.807) is 12.1 Å². The Kier molecular flexibility index (Phi) is 6.61. The number of imide groups is 1. The molecule has 4 rings (SSSR count). The van der Waals surface area contributed by atoms with Gasteiger partial charge in [0.05, 0.1) is 18.3 Å². The fraction of sp³-hybridized carbons (Fsp3) is 0.524. The van der Waals surface area contributed by atoms with Crippen LogP contribution in [-0.2, 0) is 23.9 Å². The van der Waals surface area contributed by atoms with Crippen molar-refractivity contribution in [1.29, 1.82) is 0 Å². The van der Waals surface area contributed by atoms with Crippen molar-refractivity contribution in [2.45, 2.75) is 29.4 Å². The number of hydrogen-bond donors (Lipinski definition) is 1. The molecule has 1 aromatic carbocycles. The van der Waals surface area contributed by atoms with Gasteiger partial charge >= 0.3 is 5.97 Å². The molecule has 7 nitrogen and oxygen atoms in total. The third-order valence-electron chi connectivity index (χ3n) is 6.42. The fourth-order valence-electron chi connectivity index (χ4n) is 4.97. The summed E-state index contributed by atoms with van der Waals surface area (Å²) in [4.78, 5) is 51.3. The number of anilines is 1. The number of carbonyl (C=O) groups excluding carboxylic acids is 4. The first-order chi connectivity index (χ1) is 14.7. The molecule has 0 radical (unpaired) electrons. The highest BCUT2D eigenvalue weighted by molar-refractivity contribution is 9.12. The van der Waals surface area contributed by atoms with Gasteiger partial charge in [0.25, 0.3) is 5.91 Å². The van der Waals surface area contributed by atoms with Gasteiger partial charge in [0, 0.05) is 26.4 Å². The number of nitrogens with zero attached hydrogens (tertiary/aromatic N) is 1. The van der Waals surface area contributed by atoms with Crippen molar-refractivity contribution in [3.05, 3.63) is 28.2 Å². The molecule has 10 heteroatoms. The van der Waals surface area contributed by atoms with Crippen LogP contribution in [0.3, 0.4) is 0 Å². The van der Waals surface area contributed by atoms with Gasteiger partial charge in [-0.2, -0.15) is 0 Å². The van der Waals surface area contributed by atoms with Gasteiger partial charge < -0.3 is 10.1 Å². The standard InChI is InChI=1S/C21H21Br3N2O5/c1-9-6-10(2-3-13(9)22)25-14(27)8-31-15(28)4-5-26-20(29)16-11-7-12(17(16)21(26)30)19(24)18(11)23/h2-3,6,11-12,16-19H,4-5,7-8H2,1H3,(H,25,27)/t11-,12-,16-,17-,18-,19+/m1/s1. The maximum absolute atomic E-state index is 12.8. The highest BCUT2D eigenvalue weighted by Crippen LogP contribution is 2.60. The Morgan fingerprint density at radius 1 is 1.13 bits per heavy atom. The molecule has 3 fully saturated rings. The van der Waals surface area contributed by atoms with Crippen molar-refractivity contribution in [2.75, 3.05) is 18.5 Å². The van der Waals surface area contributed by atoms with Gasteiger partial charge in [-0.3, -0.25) is 24.1 Å². The Balaban J connectivity index is 1.26. The van der Waals surface area contributed by atoms with E-state index in [9.17, 15) is 19.2 Å². The van der Waals surface area contributed by atoms with E-state index >= 15 is 0 Å². The summed E-state index contributed by atoms with van der Waals surface area (Å²) in [6.07, 6.45) is 0.730. The lowest BCUT2D eigenvalue weighted by molar-refractivity contribution is -0.149. The van der Waals surface area contributed by atoms with E-state index in [1.807, 2.05) is 13.0 Å². The van der Waals surface area contributed by atoms with Crippen molar-refractivity contribution in [3.8, 4) is 0 Å². The Morgan fingerprint density at radius 3 is 2.32 bits per heavy atom. The molecule has 2 bridgehead atoms. The molecule has 166 valence electrons. The van der Waals surface area contributed by atoms with Gasteiger partial charge in [0.1, 0.15) is 0 Å². The first kappa shape index (κ1) is 22.9. The van der Waals surface area contributed by atoms with Crippen molar-refractivity contribution < 1.29 is 23.9 Å². The van der Waals surface area contributed by atoms with Crippen LogP contribution in [0.4, 0.5) is 5.69 Å². The average Bonchev–Trinajstić information content (AvgIpc) is 3.33. The zero-order valence-corrected chi connectivity index (χ0v) is 21.4. The summed E-state index contributed by atoms with van der Waals surface area (Å²) in [5.41, 5.74) is 1.57. The van der Waals surface area contributed by atoms with E-state index in [-0.39, 0.29) is 58.1 Å². The second kappa shape index (κ2) is 8.94. The molecule has 2 aliphatic carbocycles. The molecule has 1 aliphatic heterocycles. The molecule has 1 aromatic rings. The third kappa shape index (κ3) is 4.23. The van der Waals surface area contributed by atoms with Crippen molar-refractivity contribution in [1.82, 2.24) is 4.90 Å². The molecule has 0 spiro atoms. The molecule has 1 N–H and O–H groups in total. The SMILES string of the molecule is Cc1cc(NC(=O)COC(=O)CCN2C(=O)[C@@H]3[C@H]4C[C@@H]([C@@H](Br)[C@H]4Br)[C@H]3C2=O)ccc1Br. The number of aryl methyl sites for hydroxylation is 1. The number of carbonyl (C=O) groups is 4. The van der Waals surface area contributed by atoms with Crippen molar-refractivity contribution in [2.24, 2.45) is 23.7 Å². The van der Waals surface area contributed by atoms with Crippen LogP contribution >= 0.6 is 47.8 Å². The maximum atomic E-state index is 12.8. The van der Waals surface area contributed by atoms with E-state index in [0.717, 1.165) is 16.5 Å². The molecular weight excluding hydrogens is 600 g/mol. The minimum atomic E-state index is -0.625. The fourth-order valence-corrected chi connectivity index (χ4v) is 7.09. The lowest BCUT2D eigenvalue weighted by Gasteiger charge is -2.28. The Labute approximate surface area is 205 Å². The number of likely N-dealkylation sites (tertiary alicyclic amines) is 1. The predicted octanol–water partition coefficient (Wildman–Crippen LogP) is 3.41. The maximum Gasteiger partial charge on any atom is 0.308 e. The minimum absolute atomic E-state index is 0.0175. The zero-order chi connectivity index (χ0) is 22.4. The van der Waals surface area contributed by atoms with Crippen molar-refractivity contribution >= 4 is 77.2 Å². The molecule has 0 unspecified atom stereocenters.